The Kier molecular flexibility index (Phi) is 6.77. The van der Waals surface area contributed by atoms with E-state index in [0.717, 1.165) is 56.5 Å². The minimum atomic E-state index is 0.0316. The van der Waals surface area contributed by atoms with Crippen LogP contribution in [0.2, 0.25) is 0 Å². The number of ether oxygens (including phenoxy) is 1. The molecular weight excluding hydrogens is 306 g/mol. The number of hydrogen-bond donors (Lipinski definition) is 1. The average Bonchev–Trinajstić information content (AvgIpc) is 2.76. The standard InChI is InChI=1S/C17H31N5O2/c1-6-24-10-9-22-8-7-21(11-13(22)2)12-16(23)18-17-14(3)19-20(5)15(17)4/h13H,6-12H2,1-5H3,(H,18,23)/t13-/m0/s1. The Morgan fingerprint density at radius 3 is 2.71 bits per heavy atom. The van der Waals surface area contributed by atoms with Crippen LogP contribution < -0.4 is 5.32 Å². The molecule has 1 N–H and O–H groups in total. The van der Waals surface area contributed by atoms with Gasteiger partial charge in [0.1, 0.15) is 0 Å². The molecule has 1 amide bonds. The second-order valence-electron chi connectivity index (χ2n) is 6.53. The fourth-order valence-corrected chi connectivity index (χ4v) is 3.21. The average molecular weight is 337 g/mol. The van der Waals surface area contributed by atoms with E-state index in [9.17, 15) is 4.79 Å². The molecule has 1 aromatic rings. The van der Waals surface area contributed by atoms with E-state index >= 15 is 0 Å². The van der Waals surface area contributed by atoms with Gasteiger partial charge in [-0.3, -0.25) is 19.3 Å². The summed E-state index contributed by atoms with van der Waals surface area (Å²) >= 11 is 0. The first-order valence-corrected chi connectivity index (χ1v) is 8.76. The Labute approximate surface area is 144 Å². The summed E-state index contributed by atoms with van der Waals surface area (Å²) in [7, 11) is 1.89. The number of aryl methyl sites for hydroxylation is 2. The fourth-order valence-electron chi connectivity index (χ4n) is 3.21. The van der Waals surface area contributed by atoms with Crippen LogP contribution in [0.3, 0.4) is 0 Å². The zero-order valence-electron chi connectivity index (χ0n) is 15.6. The van der Waals surface area contributed by atoms with Gasteiger partial charge in [0, 0.05) is 45.9 Å². The van der Waals surface area contributed by atoms with Crippen molar-refractivity contribution in [1.82, 2.24) is 19.6 Å². The van der Waals surface area contributed by atoms with Crippen molar-refractivity contribution in [3.8, 4) is 0 Å². The molecule has 0 radical (unpaired) electrons. The zero-order chi connectivity index (χ0) is 17.7. The van der Waals surface area contributed by atoms with Crippen LogP contribution in [0.1, 0.15) is 25.2 Å². The normalized spacial score (nSPS) is 19.6. The van der Waals surface area contributed by atoms with Crippen molar-refractivity contribution in [3.63, 3.8) is 0 Å². The number of amides is 1. The Hall–Kier alpha value is -1.44. The smallest absolute Gasteiger partial charge is 0.238 e. The molecule has 7 nitrogen and oxygen atoms in total. The van der Waals surface area contributed by atoms with E-state index < -0.39 is 0 Å². The number of hydrogen-bond acceptors (Lipinski definition) is 5. The van der Waals surface area contributed by atoms with Gasteiger partial charge in [0.25, 0.3) is 0 Å². The molecule has 1 saturated heterocycles. The van der Waals surface area contributed by atoms with Crippen LogP contribution in [0.15, 0.2) is 0 Å². The molecule has 1 aromatic heterocycles. The number of carbonyl (C=O) groups is 1. The SMILES string of the molecule is CCOCCN1CCN(CC(=O)Nc2c(C)nn(C)c2C)C[C@@H]1C. The molecule has 2 rings (SSSR count). The van der Waals surface area contributed by atoms with Crippen molar-refractivity contribution in [2.75, 3.05) is 51.3 Å². The highest BCUT2D eigenvalue weighted by Gasteiger charge is 2.25. The number of nitrogens with one attached hydrogen (secondary N) is 1. The summed E-state index contributed by atoms with van der Waals surface area (Å²) in [4.78, 5) is 17.0. The van der Waals surface area contributed by atoms with Gasteiger partial charge < -0.3 is 10.1 Å². The van der Waals surface area contributed by atoms with Crippen LogP contribution in [0.5, 0.6) is 0 Å². The molecule has 24 heavy (non-hydrogen) atoms. The van der Waals surface area contributed by atoms with Gasteiger partial charge in [0.05, 0.1) is 30.2 Å². The van der Waals surface area contributed by atoms with E-state index in [1.54, 1.807) is 4.68 Å². The van der Waals surface area contributed by atoms with E-state index in [0.29, 0.717) is 12.6 Å². The minimum Gasteiger partial charge on any atom is -0.380 e. The van der Waals surface area contributed by atoms with Crippen LogP contribution in [0, 0.1) is 13.8 Å². The summed E-state index contributed by atoms with van der Waals surface area (Å²) < 4.78 is 7.24. The Morgan fingerprint density at radius 1 is 1.38 bits per heavy atom. The lowest BCUT2D eigenvalue weighted by Crippen LogP contribution is -2.54. The molecule has 0 aliphatic carbocycles. The van der Waals surface area contributed by atoms with Crippen molar-refractivity contribution in [2.24, 2.45) is 7.05 Å². The van der Waals surface area contributed by atoms with Crippen molar-refractivity contribution >= 4 is 11.6 Å². The molecule has 1 aliphatic heterocycles. The number of rotatable bonds is 7. The third kappa shape index (κ3) is 4.78. The van der Waals surface area contributed by atoms with E-state index in [-0.39, 0.29) is 5.91 Å². The summed E-state index contributed by atoms with van der Waals surface area (Å²) in [6.45, 7) is 13.8. The maximum Gasteiger partial charge on any atom is 0.238 e. The highest BCUT2D eigenvalue weighted by molar-refractivity contribution is 5.93. The Morgan fingerprint density at radius 2 is 2.12 bits per heavy atom. The number of nitrogens with zero attached hydrogens (tertiary/aromatic N) is 4. The van der Waals surface area contributed by atoms with Gasteiger partial charge in [-0.25, -0.2) is 0 Å². The molecule has 1 fully saturated rings. The third-order valence-corrected chi connectivity index (χ3v) is 4.72. The van der Waals surface area contributed by atoms with Crippen LogP contribution >= 0.6 is 0 Å². The molecule has 1 aliphatic rings. The second-order valence-corrected chi connectivity index (χ2v) is 6.53. The maximum atomic E-state index is 12.4. The zero-order valence-corrected chi connectivity index (χ0v) is 15.6. The fraction of sp³-hybridized carbons (Fsp3) is 0.765. The van der Waals surface area contributed by atoms with Gasteiger partial charge in [-0.05, 0) is 27.7 Å². The first-order chi connectivity index (χ1) is 11.4. The minimum absolute atomic E-state index is 0.0316. The largest absolute Gasteiger partial charge is 0.380 e. The molecule has 2 heterocycles. The van der Waals surface area contributed by atoms with Crippen molar-refractivity contribution in [2.45, 2.75) is 33.7 Å². The molecule has 0 saturated carbocycles. The molecular formula is C17H31N5O2. The predicted octanol–water partition coefficient (Wildman–Crippen LogP) is 1.02. The van der Waals surface area contributed by atoms with Crippen LogP contribution in [-0.4, -0.2) is 77.5 Å². The first kappa shape index (κ1) is 18.9. The van der Waals surface area contributed by atoms with Crippen molar-refractivity contribution in [3.05, 3.63) is 11.4 Å². The summed E-state index contributed by atoms with van der Waals surface area (Å²) in [5, 5.41) is 7.35. The van der Waals surface area contributed by atoms with Gasteiger partial charge in [0.15, 0.2) is 0 Å². The quantitative estimate of drug-likeness (QED) is 0.753. The second kappa shape index (κ2) is 8.60. The molecule has 136 valence electrons. The summed E-state index contributed by atoms with van der Waals surface area (Å²) in [6.07, 6.45) is 0. The van der Waals surface area contributed by atoms with Gasteiger partial charge in [-0.1, -0.05) is 0 Å². The molecule has 0 aromatic carbocycles. The van der Waals surface area contributed by atoms with Crippen molar-refractivity contribution in [1.29, 1.82) is 0 Å². The Bertz CT molecular complexity index is 557. The topological polar surface area (TPSA) is 62.6 Å². The number of aromatic nitrogens is 2. The molecule has 1 atom stereocenters. The van der Waals surface area contributed by atoms with Crippen LogP contribution in [-0.2, 0) is 16.6 Å². The highest BCUT2D eigenvalue weighted by Crippen LogP contribution is 2.18. The number of anilines is 1. The monoisotopic (exact) mass is 337 g/mol. The van der Waals surface area contributed by atoms with Crippen molar-refractivity contribution < 1.29 is 9.53 Å². The third-order valence-electron chi connectivity index (χ3n) is 4.72. The summed E-state index contributed by atoms with van der Waals surface area (Å²) in [5.41, 5.74) is 2.68. The Balaban J connectivity index is 1.81. The van der Waals surface area contributed by atoms with Crippen LogP contribution in [0.4, 0.5) is 5.69 Å². The molecule has 7 heteroatoms. The maximum absolute atomic E-state index is 12.4. The van der Waals surface area contributed by atoms with Crippen LogP contribution in [0.25, 0.3) is 0 Å². The molecule has 0 bridgehead atoms. The van der Waals surface area contributed by atoms with Gasteiger partial charge in [-0.15, -0.1) is 0 Å². The molecule has 0 spiro atoms. The van der Waals surface area contributed by atoms with E-state index in [4.69, 9.17) is 4.74 Å². The predicted molar refractivity (Wildman–Crippen MR) is 95.3 cm³/mol. The number of piperazine rings is 1. The first-order valence-electron chi connectivity index (χ1n) is 8.76. The molecule has 0 unspecified atom stereocenters. The lowest BCUT2D eigenvalue weighted by molar-refractivity contribution is -0.118. The van der Waals surface area contributed by atoms with Gasteiger partial charge in [0.2, 0.25) is 5.91 Å². The lowest BCUT2D eigenvalue weighted by Gasteiger charge is -2.39. The summed E-state index contributed by atoms with van der Waals surface area (Å²) in [5.74, 6) is 0.0316. The van der Waals surface area contributed by atoms with E-state index in [2.05, 4.69) is 27.1 Å². The highest BCUT2D eigenvalue weighted by atomic mass is 16.5. The lowest BCUT2D eigenvalue weighted by atomic mass is 10.2. The van der Waals surface area contributed by atoms with E-state index in [1.165, 1.54) is 0 Å². The van der Waals surface area contributed by atoms with Gasteiger partial charge >= 0.3 is 0 Å². The van der Waals surface area contributed by atoms with Gasteiger partial charge in [-0.2, -0.15) is 5.10 Å². The summed E-state index contributed by atoms with van der Waals surface area (Å²) in [6, 6.07) is 0.439. The number of carbonyl (C=O) groups excluding carboxylic acids is 1. The van der Waals surface area contributed by atoms with E-state index in [1.807, 2.05) is 27.8 Å².